The van der Waals surface area contributed by atoms with E-state index in [2.05, 4.69) is 15.3 Å². The van der Waals surface area contributed by atoms with E-state index in [-0.39, 0.29) is 11.5 Å². The van der Waals surface area contributed by atoms with Crippen LogP contribution >= 0.6 is 0 Å². The zero-order valence-electron chi connectivity index (χ0n) is 12.6. The number of furan rings is 1. The molecule has 0 amide bonds. The van der Waals surface area contributed by atoms with E-state index in [1.54, 1.807) is 6.92 Å². The summed E-state index contributed by atoms with van der Waals surface area (Å²) in [5.41, 5.74) is 1.08. The maximum Gasteiger partial charge on any atom is 0.339 e. The topological polar surface area (TPSA) is 88.2 Å². The van der Waals surface area contributed by atoms with Crippen molar-refractivity contribution in [2.75, 3.05) is 5.32 Å². The van der Waals surface area contributed by atoms with Gasteiger partial charge in [-0.3, -0.25) is 0 Å². The lowest BCUT2D eigenvalue weighted by atomic mass is 10.2. The van der Waals surface area contributed by atoms with Gasteiger partial charge in [-0.2, -0.15) is 0 Å². The van der Waals surface area contributed by atoms with Crippen LogP contribution in [0, 0.1) is 13.8 Å². The van der Waals surface area contributed by atoms with E-state index in [1.165, 1.54) is 6.07 Å². The number of carboxylic acids is 1. The highest BCUT2D eigenvalue weighted by Crippen LogP contribution is 2.17. The second-order valence-electron chi connectivity index (χ2n) is 5.25. The molecule has 0 fully saturated rings. The molecule has 2 aromatic heterocycles. The van der Waals surface area contributed by atoms with Crippen molar-refractivity contribution in [3.05, 3.63) is 40.7 Å². The Kier molecular flexibility index (Phi) is 4.26. The van der Waals surface area contributed by atoms with E-state index in [4.69, 9.17) is 9.52 Å². The van der Waals surface area contributed by atoms with Gasteiger partial charge in [0, 0.05) is 17.7 Å². The predicted molar refractivity (Wildman–Crippen MR) is 78.6 cm³/mol. The summed E-state index contributed by atoms with van der Waals surface area (Å²) in [6, 6.07) is 3.38. The van der Waals surface area contributed by atoms with E-state index in [1.807, 2.05) is 26.8 Å². The molecule has 0 saturated heterocycles. The number of hydrogen-bond donors (Lipinski definition) is 2. The fraction of sp³-hybridized carbons (Fsp3) is 0.400. The van der Waals surface area contributed by atoms with Gasteiger partial charge < -0.3 is 14.8 Å². The molecule has 6 heteroatoms. The molecule has 0 aliphatic heterocycles. The van der Waals surface area contributed by atoms with Crippen molar-refractivity contribution in [3.8, 4) is 0 Å². The van der Waals surface area contributed by atoms with Crippen LogP contribution < -0.4 is 5.32 Å². The second-order valence-corrected chi connectivity index (χ2v) is 5.25. The summed E-state index contributed by atoms with van der Waals surface area (Å²) in [6.45, 7) is 8.00. The molecular formula is C15H19N3O3. The van der Waals surface area contributed by atoms with Crippen molar-refractivity contribution in [1.82, 2.24) is 9.97 Å². The Bertz CT molecular complexity index is 662. The Labute approximate surface area is 123 Å². The Morgan fingerprint density at radius 2 is 2.05 bits per heavy atom. The van der Waals surface area contributed by atoms with Crippen LogP contribution in [0.2, 0.25) is 0 Å². The largest absolute Gasteiger partial charge is 0.478 e. The smallest absolute Gasteiger partial charge is 0.339 e. The zero-order chi connectivity index (χ0) is 15.6. The third kappa shape index (κ3) is 3.59. The van der Waals surface area contributed by atoms with E-state index < -0.39 is 5.97 Å². The highest BCUT2D eigenvalue weighted by atomic mass is 16.4. The molecule has 0 atom stereocenters. The first-order valence-electron chi connectivity index (χ1n) is 6.79. The number of anilines is 1. The minimum atomic E-state index is -0.984. The molecule has 0 bridgehead atoms. The predicted octanol–water partition coefficient (Wildman–Crippen LogP) is 3.12. The van der Waals surface area contributed by atoms with Gasteiger partial charge in [-0.05, 0) is 19.9 Å². The maximum absolute atomic E-state index is 11.0. The molecule has 0 unspecified atom stereocenters. The number of carboxylic acid groups (broad SMARTS) is 1. The van der Waals surface area contributed by atoms with Crippen LogP contribution in [0.5, 0.6) is 0 Å². The van der Waals surface area contributed by atoms with Crippen LogP contribution in [0.4, 0.5) is 5.82 Å². The summed E-state index contributed by atoms with van der Waals surface area (Å²) in [6.07, 6.45) is 0. The third-order valence-electron chi connectivity index (χ3n) is 3.03. The second kappa shape index (κ2) is 5.95. The molecule has 0 aliphatic rings. The van der Waals surface area contributed by atoms with Gasteiger partial charge in [0.15, 0.2) is 0 Å². The van der Waals surface area contributed by atoms with Crippen LogP contribution in [0.3, 0.4) is 0 Å². The number of hydrogen-bond acceptors (Lipinski definition) is 5. The van der Waals surface area contributed by atoms with Crippen LogP contribution in [0.1, 0.15) is 53.2 Å². The molecule has 2 heterocycles. The number of carbonyl (C=O) groups is 1. The van der Waals surface area contributed by atoms with E-state index in [9.17, 15) is 4.79 Å². The molecule has 0 aliphatic carbocycles. The van der Waals surface area contributed by atoms with Crippen molar-refractivity contribution in [2.24, 2.45) is 0 Å². The monoisotopic (exact) mass is 289 g/mol. The number of aryl methyl sites for hydroxylation is 2. The number of nitrogens with one attached hydrogen (secondary N) is 1. The van der Waals surface area contributed by atoms with E-state index in [0.29, 0.717) is 23.9 Å². The van der Waals surface area contributed by atoms with Crippen molar-refractivity contribution in [3.63, 3.8) is 0 Å². The third-order valence-corrected chi connectivity index (χ3v) is 3.03. The van der Waals surface area contributed by atoms with Crippen molar-refractivity contribution < 1.29 is 14.3 Å². The average molecular weight is 289 g/mol. The standard InChI is InChI=1S/C15H19N3O3/c1-8(2)14-17-9(3)5-13(18-14)16-7-11-6-12(15(19)20)10(4)21-11/h5-6,8H,7H2,1-4H3,(H,19,20)(H,16,17,18). The average Bonchev–Trinajstić information content (AvgIpc) is 2.77. The minimum absolute atomic E-state index is 0.188. The summed E-state index contributed by atoms with van der Waals surface area (Å²) in [7, 11) is 0. The number of aromatic carboxylic acids is 1. The van der Waals surface area contributed by atoms with Gasteiger partial charge in [-0.1, -0.05) is 13.8 Å². The van der Waals surface area contributed by atoms with Crippen LogP contribution in [-0.4, -0.2) is 21.0 Å². The van der Waals surface area contributed by atoms with Crippen molar-refractivity contribution in [1.29, 1.82) is 0 Å². The lowest BCUT2D eigenvalue weighted by Crippen LogP contribution is -2.06. The summed E-state index contributed by atoms with van der Waals surface area (Å²) in [5.74, 6) is 1.71. The summed E-state index contributed by atoms with van der Waals surface area (Å²) in [5, 5.41) is 12.1. The normalized spacial score (nSPS) is 10.9. The first-order valence-corrected chi connectivity index (χ1v) is 6.79. The Balaban J connectivity index is 2.13. The zero-order valence-corrected chi connectivity index (χ0v) is 12.6. The molecule has 2 N–H and O–H groups in total. The Morgan fingerprint density at radius 3 is 2.62 bits per heavy atom. The minimum Gasteiger partial charge on any atom is -0.478 e. The first-order chi connectivity index (χ1) is 9.86. The summed E-state index contributed by atoms with van der Waals surface area (Å²) < 4.78 is 5.42. The van der Waals surface area contributed by atoms with E-state index in [0.717, 1.165) is 11.5 Å². The van der Waals surface area contributed by atoms with Crippen LogP contribution in [0.25, 0.3) is 0 Å². The van der Waals surface area contributed by atoms with Gasteiger partial charge in [-0.15, -0.1) is 0 Å². The fourth-order valence-electron chi connectivity index (χ4n) is 1.96. The Morgan fingerprint density at radius 1 is 1.33 bits per heavy atom. The molecule has 6 nitrogen and oxygen atoms in total. The van der Waals surface area contributed by atoms with Gasteiger partial charge in [0.05, 0.1) is 6.54 Å². The molecule has 21 heavy (non-hydrogen) atoms. The van der Waals surface area contributed by atoms with E-state index >= 15 is 0 Å². The van der Waals surface area contributed by atoms with Gasteiger partial charge in [-0.25, -0.2) is 14.8 Å². The summed E-state index contributed by atoms with van der Waals surface area (Å²) >= 11 is 0. The van der Waals surface area contributed by atoms with Crippen LogP contribution in [-0.2, 0) is 6.54 Å². The SMILES string of the molecule is Cc1cc(NCc2cc(C(=O)O)c(C)o2)nc(C(C)C)n1. The highest BCUT2D eigenvalue weighted by Gasteiger charge is 2.14. The quantitative estimate of drug-likeness (QED) is 0.879. The molecule has 0 saturated carbocycles. The maximum atomic E-state index is 11.0. The van der Waals surface area contributed by atoms with Crippen molar-refractivity contribution >= 4 is 11.8 Å². The molecule has 2 rings (SSSR count). The lowest BCUT2D eigenvalue weighted by Gasteiger charge is -2.09. The number of rotatable bonds is 5. The molecule has 0 spiro atoms. The van der Waals surface area contributed by atoms with Crippen molar-refractivity contribution in [2.45, 2.75) is 40.2 Å². The molecule has 2 aromatic rings. The molecular weight excluding hydrogens is 270 g/mol. The fourth-order valence-corrected chi connectivity index (χ4v) is 1.96. The summed E-state index contributed by atoms with van der Waals surface area (Å²) in [4.78, 5) is 19.8. The Hall–Kier alpha value is -2.37. The molecule has 0 aromatic carbocycles. The first kappa shape index (κ1) is 15.0. The number of aromatic nitrogens is 2. The van der Waals surface area contributed by atoms with Gasteiger partial charge >= 0.3 is 5.97 Å². The van der Waals surface area contributed by atoms with Gasteiger partial charge in [0.1, 0.15) is 28.7 Å². The van der Waals surface area contributed by atoms with Crippen LogP contribution in [0.15, 0.2) is 16.5 Å². The van der Waals surface area contributed by atoms with Gasteiger partial charge in [0.2, 0.25) is 0 Å². The molecule has 112 valence electrons. The van der Waals surface area contributed by atoms with Gasteiger partial charge in [0.25, 0.3) is 0 Å². The number of nitrogens with zero attached hydrogens (tertiary/aromatic N) is 2. The molecule has 0 radical (unpaired) electrons. The highest BCUT2D eigenvalue weighted by molar-refractivity contribution is 5.88. The lowest BCUT2D eigenvalue weighted by molar-refractivity contribution is 0.0695.